The maximum atomic E-state index is 12.4. The second-order valence-corrected chi connectivity index (χ2v) is 4.77. The van der Waals surface area contributed by atoms with Crippen LogP contribution >= 0.6 is 0 Å². The summed E-state index contributed by atoms with van der Waals surface area (Å²) in [6, 6.07) is 12.2. The minimum atomic E-state index is -0.270. The number of ketones is 1. The van der Waals surface area contributed by atoms with Gasteiger partial charge in [-0.2, -0.15) is 0 Å². The SMILES string of the molecule is O=C(c1ccco1)c1coc2c1cc(O)c1ccccc12. The van der Waals surface area contributed by atoms with Crippen LogP contribution in [0.4, 0.5) is 0 Å². The van der Waals surface area contributed by atoms with Gasteiger partial charge in [0.15, 0.2) is 5.76 Å². The van der Waals surface area contributed by atoms with Crippen molar-refractivity contribution < 1.29 is 18.7 Å². The summed E-state index contributed by atoms with van der Waals surface area (Å²) in [5.74, 6) is 0.0896. The number of phenolic OH excluding ortho intramolecular Hbond substituents is 1. The molecule has 0 aliphatic rings. The third-order valence-corrected chi connectivity index (χ3v) is 3.55. The van der Waals surface area contributed by atoms with Gasteiger partial charge in [-0.1, -0.05) is 24.3 Å². The number of hydrogen-bond acceptors (Lipinski definition) is 4. The number of carbonyl (C=O) groups is 1. The van der Waals surface area contributed by atoms with E-state index in [4.69, 9.17) is 8.83 Å². The van der Waals surface area contributed by atoms with Crippen LogP contribution in [0, 0.1) is 0 Å². The zero-order chi connectivity index (χ0) is 14.4. The van der Waals surface area contributed by atoms with Crippen LogP contribution in [-0.4, -0.2) is 10.9 Å². The second-order valence-electron chi connectivity index (χ2n) is 4.77. The lowest BCUT2D eigenvalue weighted by atomic mass is 10.0. The lowest BCUT2D eigenvalue weighted by Crippen LogP contribution is -1.97. The molecule has 0 radical (unpaired) electrons. The first kappa shape index (κ1) is 11.8. The van der Waals surface area contributed by atoms with E-state index in [1.54, 1.807) is 24.3 Å². The summed E-state index contributed by atoms with van der Waals surface area (Å²) < 4.78 is 10.7. The highest BCUT2D eigenvalue weighted by Crippen LogP contribution is 2.35. The molecule has 0 saturated heterocycles. The number of rotatable bonds is 2. The fourth-order valence-electron chi connectivity index (χ4n) is 2.55. The van der Waals surface area contributed by atoms with Crippen LogP contribution in [0.25, 0.3) is 21.7 Å². The molecule has 0 aliphatic heterocycles. The molecule has 0 amide bonds. The number of fused-ring (bicyclic) bond motifs is 3. The molecule has 0 unspecified atom stereocenters. The highest BCUT2D eigenvalue weighted by Gasteiger charge is 2.20. The van der Waals surface area contributed by atoms with Crippen molar-refractivity contribution in [3.05, 3.63) is 66.3 Å². The Morgan fingerprint density at radius 3 is 2.52 bits per heavy atom. The molecule has 2 aromatic carbocycles. The van der Waals surface area contributed by atoms with Crippen LogP contribution in [0.2, 0.25) is 0 Å². The van der Waals surface area contributed by atoms with Gasteiger partial charge in [-0.05, 0) is 18.2 Å². The lowest BCUT2D eigenvalue weighted by molar-refractivity contribution is 0.101. The van der Waals surface area contributed by atoms with Crippen molar-refractivity contribution in [3.8, 4) is 5.75 Å². The van der Waals surface area contributed by atoms with Crippen LogP contribution in [-0.2, 0) is 0 Å². The molecule has 0 aliphatic carbocycles. The Hall–Kier alpha value is -3.01. The molecule has 4 heteroatoms. The highest BCUT2D eigenvalue weighted by atomic mass is 16.3. The Balaban J connectivity index is 2.03. The van der Waals surface area contributed by atoms with E-state index in [1.807, 2.05) is 18.2 Å². The largest absolute Gasteiger partial charge is 0.507 e. The Bertz CT molecular complexity index is 961. The van der Waals surface area contributed by atoms with E-state index in [0.29, 0.717) is 21.9 Å². The fourth-order valence-corrected chi connectivity index (χ4v) is 2.55. The first-order valence-corrected chi connectivity index (χ1v) is 6.46. The molecule has 0 saturated carbocycles. The van der Waals surface area contributed by atoms with E-state index in [2.05, 4.69) is 0 Å². The van der Waals surface area contributed by atoms with Crippen LogP contribution in [0.3, 0.4) is 0 Å². The predicted octanol–water partition coefficient (Wildman–Crippen LogP) is 4.12. The van der Waals surface area contributed by atoms with Gasteiger partial charge in [-0.3, -0.25) is 4.79 Å². The fraction of sp³-hybridized carbons (Fsp3) is 0. The van der Waals surface area contributed by atoms with Gasteiger partial charge in [0.05, 0.1) is 11.8 Å². The molecule has 2 heterocycles. The van der Waals surface area contributed by atoms with E-state index >= 15 is 0 Å². The van der Waals surface area contributed by atoms with E-state index in [1.165, 1.54) is 12.5 Å². The molecule has 102 valence electrons. The van der Waals surface area contributed by atoms with Crippen LogP contribution < -0.4 is 0 Å². The molecule has 4 nitrogen and oxygen atoms in total. The van der Waals surface area contributed by atoms with Gasteiger partial charge in [-0.25, -0.2) is 0 Å². The molecule has 0 atom stereocenters. The number of benzene rings is 2. The molecule has 4 aromatic rings. The van der Waals surface area contributed by atoms with Crippen LogP contribution in [0.1, 0.15) is 16.1 Å². The van der Waals surface area contributed by atoms with Crippen molar-refractivity contribution in [1.82, 2.24) is 0 Å². The van der Waals surface area contributed by atoms with E-state index < -0.39 is 0 Å². The van der Waals surface area contributed by atoms with Crippen LogP contribution in [0.5, 0.6) is 5.75 Å². The van der Waals surface area contributed by atoms with Crippen molar-refractivity contribution in [2.45, 2.75) is 0 Å². The highest BCUT2D eigenvalue weighted by molar-refractivity contribution is 6.19. The molecule has 0 bridgehead atoms. The molecular weight excluding hydrogens is 268 g/mol. The van der Waals surface area contributed by atoms with Crippen molar-refractivity contribution >= 4 is 27.5 Å². The van der Waals surface area contributed by atoms with Crippen molar-refractivity contribution in [2.75, 3.05) is 0 Å². The normalized spacial score (nSPS) is 11.2. The molecule has 2 aromatic heterocycles. The average molecular weight is 278 g/mol. The standard InChI is InChI=1S/C17H10O4/c18-14-8-12-13(16(19)15-6-3-7-20-15)9-21-17(12)11-5-2-1-4-10(11)14/h1-9,18H. The summed E-state index contributed by atoms with van der Waals surface area (Å²) in [6.45, 7) is 0. The third-order valence-electron chi connectivity index (χ3n) is 3.55. The zero-order valence-corrected chi connectivity index (χ0v) is 10.9. The summed E-state index contributed by atoms with van der Waals surface area (Å²) in [5, 5.41) is 12.2. The van der Waals surface area contributed by atoms with E-state index in [-0.39, 0.29) is 17.3 Å². The molecule has 0 spiro atoms. The molecule has 1 N–H and O–H groups in total. The van der Waals surface area contributed by atoms with Crippen molar-refractivity contribution in [2.24, 2.45) is 0 Å². The summed E-state index contributed by atoms with van der Waals surface area (Å²) in [5.41, 5.74) is 0.958. The zero-order valence-electron chi connectivity index (χ0n) is 10.9. The average Bonchev–Trinajstić information content (AvgIpc) is 3.16. The number of phenols is 1. The van der Waals surface area contributed by atoms with Gasteiger partial charge in [0, 0.05) is 16.2 Å². The number of furan rings is 2. The number of carbonyl (C=O) groups excluding carboxylic acids is 1. The van der Waals surface area contributed by atoms with Crippen molar-refractivity contribution in [3.63, 3.8) is 0 Å². The van der Waals surface area contributed by atoms with Gasteiger partial charge >= 0.3 is 0 Å². The van der Waals surface area contributed by atoms with Gasteiger partial charge < -0.3 is 13.9 Å². The molecule has 0 fully saturated rings. The first-order chi connectivity index (χ1) is 10.3. The Morgan fingerprint density at radius 2 is 1.76 bits per heavy atom. The molecular formula is C17H10O4. The Kier molecular flexibility index (Phi) is 2.38. The van der Waals surface area contributed by atoms with E-state index in [0.717, 1.165) is 5.39 Å². The maximum absolute atomic E-state index is 12.4. The second kappa shape index (κ2) is 4.24. The van der Waals surface area contributed by atoms with Gasteiger partial charge in [0.2, 0.25) is 5.78 Å². The van der Waals surface area contributed by atoms with Crippen molar-refractivity contribution in [1.29, 1.82) is 0 Å². The lowest BCUT2D eigenvalue weighted by Gasteiger charge is -2.02. The monoisotopic (exact) mass is 278 g/mol. The summed E-state index contributed by atoms with van der Waals surface area (Å²) in [4.78, 5) is 12.4. The first-order valence-electron chi connectivity index (χ1n) is 6.46. The summed E-state index contributed by atoms with van der Waals surface area (Å²) in [6.07, 6.45) is 2.85. The topological polar surface area (TPSA) is 63.6 Å². The number of aromatic hydroxyl groups is 1. The summed E-state index contributed by atoms with van der Waals surface area (Å²) >= 11 is 0. The predicted molar refractivity (Wildman–Crippen MR) is 77.5 cm³/mol. The van der Waals surface area contributed by atoms with Gasteiger partial charge in [-0.15, -0.1) is 0 Å². The summed E-state index contributed by atoms with van der Waals surface area (Å²) in [7, 11) is 0. The smallest absolute Gasteiger partial charge is 0.232 e. The van der Waals surface area contributed by atoms with Gasteiger partial charge in [0.25, 0.3) is 0 Å². The maximum Gasteiger partial charge on any atom is 0.232 e. The van der Waals surface area contributed by atoms with Gasteiger partial charge in [0.1, 0.15) is 17.6 Å². The quantitative estimate of drug-likeness (QED) is 0.560. The minimum absolute atomic E-state index is 0.119. The van der Waals surface area contributed by atoms with E-state index in [9.17, 15) is 9.90 Å². The number of hydrogen-bond donors (Lipinski definition) is 1. The van der Waals surface area contributed by atoms with Crippen LogP contribution in [0.15, 0.2) is 63.8 Å². The minimum Gasteiger partial charge on any atom is -0.507 e. The Morgan fingerprint density at radius 1 is 0.952 bits per heavy atom. The third kappa shape index (κ3) is 1.66. The molecule has 21 heavy (non-hydrogen) atoms. The Labute approximate surface area is 119 Å². The molecule has 4 rings (SSSR count).